The zero-order valence-electron chi connectivity index (χ0n) is 12.1. The summed E-state index contributed by atoms with van der Waals surface area (Å²) in [6, 6.07) is 8.00. The van der Waals surface area contributed by atoms with Gasteiger partial charge >= 0.3 is 5.97 Å². The van der Waals surface area contributed by atoms with Crippen molar-refractivity contribution < 1.29 is 9.53 Å². The Hall–Kier alpha value is -1.61. The van der Waals surface area contributed by atoms with Crippen LogP contribution in [0.25, 0.3) is 0 Å². The summed E-state index contributed by atoms with van der Waals surface area (Å²) < 4.78 is 5.58. The average Bonchev–Trinajstić information content (AvgIpc) is 2.80. The van der Waals surface area contributed by atoms with Crippen molar-refractivity contribution in [2.45, 2.75) is 32.2 Å². The van der Waals surface area contributed by atoms with Crippen LogP contribution in [0, 0.1) is 12.8 Å². The maximum Gasteiger partial charge on any atom is 0.343 e. The summed E-state index contributed by atoms with van der Waals surface area (Å²) in [6.45, 7) is 3.12. The van der Waals surface area contributed by atoms with Gasteiger partial charge in [0.1, 0.15) is 5.76 Å². The molecule has 1 aliphatic carbocycles. The molecule has 1 aliphatic heterocycles. The molecule has 1 heterocycles. The Labute approximate surface area is 120 Å². The van der Waals surface area contributed by atoms with Gasteiger partial charge < -0.3 is 4.74 Å². The van der Waals surface area contributed by atoms with E-state index in [1.807, 2.05) is 31.2 Å². The average molecular weight is 271 g/mol. The first-order valence-electron chi connectivity index (χ1n) is 7.33. The number of aryl methyl sites for hydroxylation is 1. The van der Waals surface area contributed by atoms with Crippen LogP contribution >= 0.6 is 0 Å². The number of likely N-dealkylation sites (N-methyl/N-ethyl adjacent to an activating group) is 1. The molecule has 0 amide bonds. The lowest BCUT2D eigenvalue weighted by atomic mass is 9.89. The topological polar surface area (TPSA) is 29.5 Å². The van der Waals surface area contributed by atoms with Crippen molar-refractivity contribution in [3.05, 3.63) is 47.2 Å². The Morgan fingerprint density at radius 3 is 3.00 bits per heavy atom. The van der Waals surface area contributed by atoms with Crippen LogP contribution in [0.3, 0.4) is 0 Å². The van der Waals surface area contributed by atoms with Crippen LogP contribution < -0.4 is 0 Å². The maximum atomic E-state index is 12.2. The van der Waals surface area contributed by atoms with Crippen molar-refractivity contribution in [3.8, 4) is 0 Å². The quantitative estimate of drug-likeness (QED) is 0.774. The second-order valence-electron chi connectivity index (χ2n) is 5.95. The molecule has 0 saturated carbocycles. The van der Waals surface area contributed by atoms with Crippen molar-refractivity contribution in [1.29, 1.82) is 0 Å². The Morgan fingerprint density at radius 2 is 2.20 bits per heavy atom. The molecule has 1 fully saturated rings. The number of hydrogen-bond acceptors (Lipinski definition) is 3. The molecule has 0 radical (unpaired) electrons. The number of nitrogens with zero attached hydrogens (tertiary/aromatic N) is 1. The zero-order valence-corrected chi connectivity index (χ0v) is 12.1. The van der Waals surface area contributed by atoms with Gasteiger partial charge in [0.15, 0.2) is 0 Å². The van der Waals surface area contributed by atoms with Gasteiger partial charge in [0, 0.05) is 12.5 Å². The van der Waals surface area contributed by atoms with E-state index < -0.39 is 0 Å². The van der Waals surface area contributed by atoms with Crippen LogP contribution in [0.1, 0.15) is 35.2 Å². The molecular formula is C17H21NO2. The summed E-state index contributed by atoms with van der Waals surface area (Å²) in [7, 11) is 2.15. The van der Waals surface area contributed by atoms with Gasteiger partial charge in [0.05, 0.1) is 5.56 Å². The third kappa shape index (κ3) is 2.63. The monoisotopic (exact) mass is 271 g/mol. The fourth-order valence-corrected chi connectivity index (χ4v) is 3.26. The SMILES string of the molecule is Cc1cccc(C(=O)OC2=CC3[C@@H](CC2)CCN3C)c1. The fourth-order valence-electron chi connectivity index (χ4n) is 3.26. The smallest absolute Gasteiger partial charge is 0.343 e. The number of esters is 1. The Kier molecular flexibility index (Phi) is 3.62. The minimum Gasteiger partial charge on any atom is -0.428 e. The molecule has 1 aromatic rings. The van der Waals surface area contributed by atoms with E-state index in [9.17, 15) is 4.79 Å². The molecule has 0 spiro atoms. The van der Waals surface area contributed by atoms with E-state index in [0.29, 0.717) is 11.6 Å². The number of carbonyl (C=O) groups excluding carboxylic acids is 1. The molecule has 20 heavy (non-hydrogen) atoms. The number of hydrogen-bond donors (Lipinski definition) is 0. The summed E-state index contributed by atoms with van der Waals surface area (Å²) in [6.07, 6.45) is 5.42. The molecule has 106 valence electrons. The van der Waals surface area contributed by atoms with Gasteiger partial charge in [-0.25, -0.2) is 4.79 Å². The van der Waals surface area contributed by atoms with Gasteiger partial charge in [0.2, 0.25) is 0 Å². The van der Waals surface area contributed by atoms with E-state index in [4.69, 9.17) is 4.74 Å². The van der Waals surface area contributed by atoms with Gasteiger partial charge in [-0.05, 0) is 57.5 Å². The summed E-state index contributed by atoms with van der Waals surface area (Å²) in [4.78, 5) is 14.5. The Bertz CT molecular complexity index is 550. The first-order valence-corrected chi connectivity index (χ1v) is 7.33. The van der Waals surface area contributed by atoms with Crippen LogP contribution in [-0.2, 0) is 4.74 Å². The number of benzene rings is 1. The van der Waals surface area contributed by atoms with Crippen LogP contribution in [0.4, 0.5) is 0 Å². The summed E-state index contributed by atoms with van der Waals surface area (Å²) in [5.74, 6) is 1.34. The second kappa shape index (κ2) is 5.41. The molecule has 0 N–H and O–H groups in total. The molecule has 3 rings (SSSR count). The summed E-state index contributed by atoms with van der Waals surface area (Å²) in [5.41, 5.74) is 1.71. The van der Waals surface area contributed by atoms with E-state index in [2.05, 4.69) is 18.0 Å². The van der Waals surface area contributed by atoms with Gasteiger partial charge in [-0.15, -0.1) is 0 Å². The normalized spacial score (nSPS) is 26.0. The largest absolute Gasteiger partial charge is 0.428 e. The van der Waals surface area contributed by atoms with Crippen LogP contribution in [0.5, 0.6) is 0 Å². The highest BCUT2D eigenvalue weighted by Gasteiger charge is 2.33. The Morgan fingerprint density at radius 1 is 1.35 bits per heavy atom. The van der Waals surface area contributed by atoms with Crippen molar-refractivity contribution in [1.82, 2.24) is 4.90 Å². The highest BCUT2D eigenvalue weighted by molar-refractivity contribution is 5.90. The van der Waals surface area contributed by atoms with Crippen LogP contribution in [0.2, 0.25) is 0 Å². The van der Waals surface area contributed by atoms with Crippen molar-refractivity contribution >= 4 is 5.97 Å². The lowest BCUT2D eigenvalue weighted by molar-refractivity contribution is 0.0598. The second-order valence-corrected chi connectivity index (χ2v) is 5.95. The minimum atomic E-state index is -0.237. The summed E-state index contributed by atoms with van der Waals surface area (Å²) in [5, 5.41) is 0. The van der Waals surface area contributed by atoms with Crippen LogP contribution in [-0.4, -0.2) is 30.5 Å². The van der Waals surface area contributed by atoms with E-state index in [1.165, 1.54) is 6.42 Å². The molecule has 0 bridgehead atoms. The van der Waals surface area contributed by atoms with Gasteiger partial charge in [-0.2, -0.15) is 0 Å². The highest BCUT2D eigenvalue weighted by atomic mass is 16.5. The number of rotatable bonds is 2. The predicted molar refractivity (Wildman–Crippen MR) is 78.4 cm³/mol. The maximum absolute atomic E-state index is 12.2. The van der Waals surface area contributed by atoms with E-state index >= 15 is 0 Å². The number of allylic oxidation sites excluding steroid dienone is 1. The number of carbonyl (C=O) groups is 1. The molecule has 1 aromatic carbocycles. The van der Waals surface area contributed by atoms with E-state index in [0.717, 1.165) is 36.6 Å². The molecule has 2 aliphatic rings. The van der Waals surface area contributed by atoms with Gasteiger partial charge in [0.25, 0.3) is 0 Å². The Balaban J connectivity index is 1.72. The third-order valence-corrected chi connectivity index (χ3v) is 4.44. The minimum absolute atomic E-state index is 0.237. The zero-order chi connectivity index (χ0) is 14.1. The van der Waals surface area contributed by atoms with Crippen LogP contribution in [0.15, 0.2) is 36.1 Å². The molecule has 0 aromatic heterocycles. The third-order valence-electron chi connectivity index (χ3n) is 4.44. The van der Waals surface area contributed by atoms with E-state index in [-0.39, 0.29) is 5.97 Å². The molecule has 2 atom stereocenters. The van der Waals surface area contributed by atoms with E-state index in [1.54, 1.807) is 0 Å². The number of fused-ring (bicyclic) bond motifs is 1. The van der Waals surface area contributed by atoms with Crippen molar-refractivity contribution in [3.63, 3.8) is 0 Å². The molecule has 1 saturated heterocycles. The standard InChI is InChI=1S/C17H21NO2/c1-12-4-3-5-14(10-12)17(19)20-15-7-6-13-8-9-18(2)16(13)11-15/h3-5,10-11,13,16H,6-9H2,1-2H3/t13-,16?/m0/s1. The lowest BCUT2D eigenvalue weighted by Gasteiger charge is -2.27. The first kappa shape index (κ1) is 13.4. The molecular weight excluding hydrogens is 250 g/mol. The molecule has 3 heteroatoms. The molecule has 3 nitrogen and oxygen atoms in total. The fraction of sp³-hybridized carbons (Fsp3) is 0.471. The van der Waals surface area contributed by atoms with Crippen molar-refractivity contribution in [2.75, 3.05) is 13.6 Å². The number of likely N-dealkylation sites (tertiary alicyclic amines) is 1. The lowest BCUT2D eigenvalue weighted by Crippen LogP contribution is -2.30. The molecule has 1 unspecified atom stereocenters. The summed E-state index contributed by atoms with van der Waals surface area (Å²) >= 11 is 0. The van der Waals surface area contributed by atoms with Gasteiger partial charge in [-0.3, -0.25) is 4.90 Å². The predicted octanol–water partition coefficient (Wildman–Crippen LogP) is 3.15. The highest BCUT2D eigenvalue weighted by Crippen LogP contribution is 2.34. The van der Waals surface area contributed by atoms with Gasteiger partial charge in [-0.1, -0.05) is 17.7 Å². The first-order chi connectivity index (χ1) is 9.63. The van der Waals surface area contributed by atoms with Crippen molar-refractivity contribution in [2.24, 2.45) is 5.92 Å². The number of ether oxygens (including phenoxy) is 1.